The van der Waals surface area contributed by atoms with Crippen LogP contribution in [0.3, 0.4) is 0 Å². The molecule has 4 amide bonds. The lowest BCUT2D eigenvalue weighted by Crippen LogP contribution is -2.53. The van der Waals surface area contributed by atoms with Gasteiger partial charge in [-0.05, 0) is 134 Å². The standard InChI is InChI=1S/C40H32Br2IN3O6/c1-20-8-12-23(13-9-20)44-46-37(49)29-18-27-25(16-17-26-31(27)38(50)45(36(26)48)24-14-10-22(43)11-15-24)32(28-19-30(52-2)35(47)34(42)33(28)41)40(29,39(46)51)21-6-4-3-5-7-21/h3-16,19,26-27,29,31-32,44,47H,17-18H2,1-2H3/t26-,27+,29-,31-,32+,40+/m0/s1. The van der Waals surface area contributed by atoms with Crippen LogP contribution in [0.4, 0.5) is 11.4 Å². The van der Waals surface area contributed by atoms with Gasteiger partial charge in [0.1, 0.15) is 0 Å². The van der Waals surface area contributed by atoms with Gasteiger partial charge < -0.3 is 9.84 Å². The molecule has 8 rings (SSSR count). The van der Waals surface area contributed by atoms with Crippen molar-refractivity contribution in [3.63, 3.8) is 0 Å². The number of allylic oxidation sites excluding steroid dienone is 2. The Balaban J connectivity index is 1.36. The van der Waals surface area contributed by atoms with Gasteiger partial charge in [-0.3, -0.25) is 29.5 Å². The van der Waals surface area contributed by atoms with Crippen LogP contribution < -0.4 is 15.1 Å². The number of aromatic hydroxyl groups is 1. The molecule has 0 bridgehead atoms. The predicted molar refractivity (Wildman–Crippen MR) is 211 cm³/mol. The molecule has 4 aromatic rings. The molecule has 3 fully saturated rings. The van der Waals surface area contributed by atoms with E-state index in [0.717, 1.165) is 19.7 Å². The lowest BCUT2D eigenvalue weighted by atomic mass is 9.49. The van der Waals surface area contributed by atoms with Gasteiger partial charge in [0.05, 0.1) is 46.1 Å². The van der Waals surface area contributed by atoms with E-state index in [1.54, 1.807) is 18.2 Å². The first kappa shape index (κ1) is 35.0. The number of anilines is 2. The van der Waals surface area contributed by atoms with Crippen LogP contribution in [0.2, 0.25) is 0 Å². The van der Waals surface area contributed by atoms with E-state index in [4.69, 9.17) is 4.74 Å². The Hall–Kier alpha value is -4.01. The summed E-state index contributed by atoms with van der Waals surface area (Å²) >= 11 is 9.45. The molecule has 4 aromatic carbocycles. The molecule has 264 valence electrons. The van der Waals surface area contributed by atoms with Crippen LogP contribution in [0.5, 0.6) is 11.5 Å². The maximum absolute atomic E-state index is 15.4. The number of carbonyl (C=O) groups excluding carboxylic acids is 4. The number of hydrogen-bond acceptors (Lipinski definition) is 7. The highest BCUT2D eigenvalue weighted by Crippen LogP contribution is 2.65. The molecule has 4 aliphatic rings. The highest BCUT2D eigenvalue weighted by atomic mass is 127. The molecule has 12 heteroatoms. The number of phenols is 1. The van der Waals surface area contributed by atoms with Crippen molar-refractivity contribution in [2.45, 2.75) is 31.1 Å². The van der Waals surface area contributed by atoms with Crippen molar-refractivity contribution in [2.24, 2.45) is 23.7 Å². The molecular weight excluding hydrogens is 905 g/mol. The largest absolute Gasteiger partial charge is 0.503 e. The number of nitrogens with zero attached hydrogens (tertiary/aromatic N) is 2. The van der Waals surface area contributed by atoms with E-state index in [2.05, 4.69) is 59.9 Å². The Labute approximate surface area is 330 Å². The van der Waals surface area contributed by atoms with E-state index in [1.807, 2.05) is 79.7 Å². The predicted octanol–water partition coefficient (Wildman–Crippen LogP) is 8.03. The van der Waals surface area contributed by atoms with Gasteiger partial charge in [0.2, 0.25) is 11.8 Å². The van der Waals surface area contributed by atoms with Gasteiger partial charge in [-0.1, -0.05) is 59.7 Å². The number of carbonyl (C=O) groups is 4. The highest BCUT2D eigenvalue weighted by Gasteiger charge is 2.70. The van der Waals surface area contributed by atoms with Gasteiger partial charge in [0, 0.05) is 14.0 Å². The summed E-state index contributed by atoms with van der Waals surface area (Å²) in [6.07, 6.45) is 2.46. The van der Waals surface area contributed by atoms with Crippen molar-refractivity contribution >= 4 is 89.5 Å². The number of aryl methyl sites for hydroxylation is 1. The minimum Gasteiger partial charge on any atom is -0.503 e. The summed E-state index contributed by atoms with van der Waals surface area (Å²) in [4.78, 5) is 60.2. The van der Waals surface area contributed by atoms with Crippen LogP contribution in [0.15, 0.2) is 106 Å². The third kappa shape index (κ3) is 5.11. The summed E-state index contributed by atoms with van der Waals surface area (Å²) in [6, 6.07) is 25.7. The summed E-state index contributed by atoms with van der Waals surface area (Å²) in [6.45, 7) is 1.96. The first-order chi connectivity index (χ1) is 25.0. The van der Waals surface area contributed by atoms with Crippen LogP contribution in [0.25, 0.3) is 0 Å². The number of imide groups is 2. The Morgan fingerprint density at radius 2 is 1.58 bits per heavy atom. The minimum absolute atomic E-state index is 0.130. The van der Waals surface area contributed by atoms with E-state index in [1.165, 1.54) is 12.0 Å². The number of nitrogens with one attached hydrogen (secondary N) is 1. The number of rotatable bonds is 6. The van der Waals surface area contributed by atoms with E-state index in [0.29, 0.717) is 31.4 Å². The smallest absolute Gasteiger partial charge is 0.260 e. The topological polar surface area (TPSA) is 116 Å². The molecule has 9 nitrogen and oxygen atoms in total. The van der Waals surface area contributed by atoms with Crippen LogP contribution in [-0.4, -0.2) is 40.9 Å². The van der Waals surface area contributed by atoms with Crippen molar-refractivity contribution in [3.8, 4) is 11.5 Å². The molecule has 52 heavy (non-hydrogen) atoms. The van der Waals surface area contributed by atoms with E-state index in [9.17, 15) is 19.5 Å². The number of amides is 4. The maximum Gasteiger partial charge on any atom is 0.260 e. The lowest BCUT2D eigenvalue weighted by Gasteiger charge is -2.51. The molecule has 6 atom stereocenters. The average molecular weight is 937 g/mol. The van der Waals surface area contributed by atoms with Crippen molar-refractivity contribution in [1.29, 1.82) is 0 Å². The zero-order valence-corrected chi connectivity index (χ0v) is 33.3. The normalized spacial score (nSPS) is 26.6. The second-order valence-corrected chi connectivity index (χ2v) is 16.6. The monoisotopic (exact) mass is 935 g/mol. The maximum atomic E-state index is 15.4. The fraction of sp³-hybridized carbons (Fsp3) is 0.250. The van der Waals surface area contributed by atoms with E-state index < -0.39 is 46.8 Å². The van der Waals surface area contributed by atoms with Gasteiger partial charge in [0.15, 0.2) is 11.5 Å². The summed E-state index contributed by atoms with van der Waals surface area (Å²) in [5, 5.41) is 12.1. The van der Waals surface area contributed by atoms with Crippen molar-refractivity contribution in [2.75, 3.05) is 17.4 Å². The average Bonchev–Trinajstić information content (AvgIpc) is 3.53. The zero-order chi connectivity index (χ0) is 36.6. The summed E-state index contributed by atoms with van der Waals surface area (Å²) in [7, 11) is 1.45. The van der Waals surface area contributed by atoms with Gasteiger partial charge >= 0.3 is 0 Å². The lowest BCUT2D eigenvalue weighted by molar-refractivity contribution is -0.138. The molecule has 0 aromatic heterocycles. The number of fused-ring (bicyclic) bond motifs is 4. The van der Waals surface area contributed by atoms with Gasteiger partial charge in [-0.2, -0.15) is 5.01 Å². The molecule has 0 radical (unpaired) electrons. The molecular formula is C40H32Br2IN3O6. The molecule has 2 aliphatic heterocycles. The Bertz CT molecular complexity index is 2200. The Morgan fingerprint density at radius 1 is 0.885 bits per heavy atom. The van der Waals surface area contributed by atoms with Crippen LogP contribution in [-0.2, 0) is 24.6 Å². The van der Waals surface area contributed by atoms with Gasteiger partial charge in [0.25, 0.3) is 11.8 Å². The molecule has 2 aliphatic carbocycles. The Morgan fingerprint density at radius 3 is 2.25 bits per heavy atom. The van der Waals surface area contributed by atoms with Gasteiger partial charge in [-0.25, -0.2) is 0 Å². The minimum atomic E-state index is -1.48. The second-order valence-electron chi connectivity index (χ2n) is 13.7. The van der Waals surface area contributed by atoms with Crippen molar-refractivity contribution in [1.82, 2.24) is 5.01 Å². The number of benzene rings is 4. The van der Waals surface area contributed by atoms with E-state index in [-0.39, 0.29) is 36.2 Å². The van der Waals surface area contributed by atoms with Crippen LogP contribution in [0, 0.1) is 34.2 Å². The molecule has 2 N–H and O–H groups in total. The first-order valence-corrected chi connectivity index (χ1v) is 19.5. The molecule has 0 unspecified atom stereocenters. The fourth-order valence-corrected chi connectivity index (χ4v) is 10.2. The molecule has 1 saturated carbocycles. The highest BCUT2D eigenvalue weighted by molar-refractivity contribution is 14.1. The summed E-state index contributed by atoms with van der Waals surface area (Å²) in [5.41, 5.74) is 5.78. The third-order valence-corrected chi connectivity index (χ3v) is 14.1. The quantitative estimate of drug-likeness (QED) is 0.114. The number of hydrogen-bond donors (Lipinski definition) is 2. The van der Waals surface area contributed by atoms with Crippen molar-refractivity contribution < 1.29 is 29.0 Å². The number of methoxy groups -OCH3 is 1. The Kier molecular flexibility index (Phi) is 8.85. The number of halogens is 3. The molecule has 0 spiro atoms. The molecule has 2 saturated heterocycles. The van der Waals surface area contributed by atoms with E-state index >= 15 is 4.79 Å². The van der Waals surface area contributed by atoms with Gasteiger partial charge in [-0.15, -0.1) is 0 Å². The van der Waals surface area contributed by atoms with Crippen LogP contribution in [0.1, 0.15) is 35.4 Å². The summed E-state index contributed by atoms with van der Waals surface area (Å²) < 4.78 is 7.40. The zero-order valence-electron chi connectivity index (χ0n) is 28.0. The van der Waals surface area contributed by atoms with Crippen molar-refractivity contribution in [3.05, 3.63) is 126 Å². The number of phenolic OH excluding ortho intramolecular Hbond substituents is 1. The third-order valence-electron chi connectivity index (χ3n) is 11.2. The second kappa shape index (κ2) is 13.1. The first-order valence-electron chi connectivity index (χ1n) is 16.8. The van der Waals surface area contributed by atoms with Crippen LogP contribution >= 0.6 is 54.5 Å². The summed E-state index contributed by atoms with van der Waals surface area (Å²) in [5.74, 6) is -5.05. The SMILES string of the molecule is COc1cc([C@H]2C3=CC[C@@H]4C(=O)N(c5ccc(I)cc5)C(=O)[C@@H]4[C@@H]3C[C@H]3C(=O)N(Nc4ccc(C)cc4)C(=O)[C@@]23c2ccccc2)c(Br)c(Br)c1O. The molecule has 2 heterocycles. The number of ether oxygens (including phenoxy) is 1. The number of hydrazine groups is 1. The fourth-order valence-electron chi connectivity index (χ4n) is 8.91.